The van der Waals surface area contributed by atoms with Crippen molar-refractivity contribution in [2.75, 3.05) is 0 Å². The van der Waals surface area contributed by atoms with Crippen molar-refractivity contribution < 1.29 is 0 Å². The summed E-state index contributed by atoms with van der Waals surface area (Å²) in [6, 6.07) is 4.99. The van der Waals surface area contributed by atoms with Gasteiger partial charge in [0.05, 0.1) is 18.6 Å². The van der Waals surface area contributed by atoms with Gasteiger partial charge in [0.1, 0.15) is 5.15 Å². The molecule has 0 spiro atoms. The highest BCUT2D eigenvalue weighted by Gasteiger charge is 2.00. The van der Waals surface area contributed by atoms with E-state index in [9.17, 15) is 4.79 Å². The van der Waals surface area contributed by atoms with E-state index in [1.807, 2.05) is 12.1 Å². The van der Waals surface area contributed by atoms with E-state index in [2.05, 4.69) is 25.9 Å². The van der Waals surface area contributed by atoms with Gasteiger partial charge in [0.2, 0.25) is 0 Å². The van der Waals surface area contributed by atoms with Crippen LogP contribution in [0.25, 0.3) is 0 Å². The van der Waals surface area contributed by atoms with Crippen molar-refractivity contribution in [2.45, 2.75) is 6.54 Å². The Morgan fingerprint density at radius 2 is 2.19 bits per heavy atom. The molecule has 0 bridgehead atoms. The van der Waals surface area contributed by atoms with Crippen molar-refractivity contribution in [1.29, 1.82) is 0 Å². The molecule has 0 aromatic carbocycles. The van der Waals surface area contributed by atoms with Crippen molar-refractivity contribution in [1.82, 2.24) is 14.5 Å². The third-order valence-corrected chi connectivity index (χ3v) is 2.64. The van der Waals surface area contributed by atoms with Gasteiger partial charge in [-0.25, -0.2) is 4.98 Å². The molecule has 16 heavy (non-hydrogen) atoms. The Morgan fingerprint density at radius 3 is 2.81 bits per heavy atom. The van der Waals surface area contributed by atoms with E-state index in [1.54, 1.807) is 6.20 Å². The average molecular weight is 301 g/mol. The number of pyridine rings is 1. The lowest BCUT2D eigenvalue weighted by Gasteiger charge is -2.03. The predicted octanol–water partition coefficient (Wildman–Crippen LogP) is 2.10. The molecular weight excluding hydrogens is 293 g/mol. The first-order valence-electron chi connectivity index (χ1n) is 4.47. The quantitative estimate of drug-likeness (QED) is 0.798. The van der Waals surface area contributed by atoms with Crippen molar-refractivity contribution in [3.63, 3.8) is 0 Å². The minimum Gasteiger partial charge on any atom is -0.293 e. The van der Waals surface area contributed by atoms with Crippen molar-refractivity contribution in [3.05, 3.63) is 56.4 Å². The highest BCUT2D eigenvalue weighted by molar-refractivity contribution is 9.10. The van der Waals surface area contributed by atoms with Crippen LogP contribution in [0.1, 0.15) is 5.69 Å². The Labute approximate surface area is 105 Å². The van der Waals surface area contributed by atoms with Gasteiger partial charge in [-0.15, -0.1) is 0 Å². The normalized spacial score (nSPS) is 10.4. The molecule has 0 aliphatic heterocycles. The molecule has 0 atom stereocenters. The first-order chi connectivity index (χ1) is 7.65. The second-order valence-electron chi connectivity index (χ2n) is 3.15. The molecule has 2 heterocycles. The maximum atomic E-state index is 11.5. The molecule has 4 nitrogen and oxygen atoms in total. The third-order valence-electron chi connectivity index (χ3n) is 1.97. The Kier molecular flexibility index (Phi) is 3.36. The molecule has 6 heteroatoms. The minimum atomic E-state index is -0.190. The zero-order valence-corrected chi connectivity index (χ0v) is 10.4. The lowest BCUT2D eigenvalue weighted by atomic mass is 10.3. The van der Waals surface area contributed by atoms with Gasteiger partial charge in [0.15, 0.2) is 0 Å². The summed E-state index contributed by atoms with van der Waals surface area (Å²) in [6.45, 7) is 0.385. The second-order valence-corrected chi connectivity index (χ2v) is 4.45. The Morgan fingerprint density at radius 1 is 1.38 bits per heavy atom. The van der Waals surface area contributed by atoms with Crippen molar-refractivity contribution in [2.24, 2.45) is 0 Å². The second kappa shape index (κ2) is 4.76. The fourth-order valence-electron chi connectivity index (χ4n) is 1.20. The molecule has 0 N–H and O–H groups in total. The fourth-order valence-corrected chi connectivity index (χ4v) is 1.57. The molecule has 0 saturated heterocycles. The molecule has 0 amide bonds. The van der Waals surface area contributed by atoms with E-state index in [-0.39, 0.29) is 10.7 Å². The number of nitrogens with zero attached hydrogens (tertiary/aromatic N) is 3. The highest BCUT2D eigenvalue weighted by Crippen LogP contribution is 2.08. The molecular formula is C10H7BrClN3O. The van der Waals surface area contributed by atoms with Crippen LogP contribution >= 0.6 is 27.5 Å². The van der Waals surface area contributed by atoms with Crippen LogP contribution in [0.15, 0.2) is 40.0 Å². The summed E-state index contributed by atoms with van der Waals surface area (Å²) in [5.74, 6) is 0. The zero-order valence-electron chi connectivity index (χ0n) is 8.10. The summed E-state index contributed by atoms with van der Waals surface area (Å²) in [5, 5.41) is 0.199. The van der Waals surface area contributed by atoms with E-state index < -0.39 is 0 Å². The molecule has 82 valence electrons. The molecule has 0 aliphatic carbocycles. The van der Waals surface area contributed by atoms with Gasteiger partial charge in [-0.2, -0.15) is 0 Å². The summed E-state index contributed by atoms with van der Waals surface area (Å²) in [6.07, 6.45) is 3.10. The average Bonchev–Trinajstić information content (AvgIpc) is 2.25. The van der Waals surface area contributed by atoms with Gasteiger partial charge in [-0.1, -0.05) is 11.6 Å². The molecule has 2 aromatic heterocycles. The molecule has 2 aromatic rings. The number of hydrogen-bond acceptors (Lipinski definition) is 3. The predicted molar refractivity (Wildman–Crippen MR) is 64.5 cm³/mol. The number of aromatic nitrogens is 3. The number of hydrogen-bond donors (Lipinski definition) is 0. The Balaban J connectivity index is 2.27. The molecule has 2 rings (SSSR count). The van der Waals surface area contributed by atoms with E-state index in [0.717, 1.165) is 10.2 Å². The maximum Gasteiger partial charge on any atom is 0.255 e. The van der Waals surface area contributed by atoms with Crippen LogP contribution < -0.4 is 5.56 Å². The topological polar surface area (TPSA) is 47.8 Å². The van der Waals surface area contributed by atoms with Gasteiger partial charge in [-0.05, 0) is 28.1 Å². The molecule has 0 radical (unpaired) electrons. The Bertz CT molecular complexity index is 553. The smallest absolute Gasteiger partial charge is 0.255 e. The SMILES string of the molecule is O=c1cc(Cl)ncn1Cc1ccc(Br)cn1. The lowest BCUT2D eigenvalue weighted by Crippen LogP contribution is -2.20. The third kappa shape index (κ3) is 2.68. The largest absolute Gasteiger partial charge is 0.293 e. The summed E-state index contributed by atoms with van der Waals surface area (Å²) < 4.78 is 2.35. The number of rotatable bonds is 2. The monoisotopic (exact) mass is 299 g/mol. The van der Waals surface area contributed by atoms with Crippen LogP contribution in [0.2, 0.25) is 5.15 Å². The van der Waals surface area contributed by atoms with Gasteiger partial charge < -0.3 is 0 Å². The van der Waals surface area contributed by atoms with E-state index in [0.29, 0.717) is 6.54 Å². The van der Waals surface area contributed by atoms with Crippen LogP contribution in [-0.2, 0) is 6.54 Å². The molecule has 0 fully saturated rings. The molecule has 0 unspecified atom stereocenters. The van der Waals surface area contributed by atoms with Gasteiger partial charge >= 0.3 is 0 Å². The van der Waals surface area contributed by atoms with Crippen LogP contribution in [0.5, 0.6) is 0 Å². The summed E-state index contributed by atoms with van der Waals surface area (Å²) in [7, 11) is 0. The van der Waals surface area contributed by atoms with Crippen molar-refractivity contribution in [3.8, 4) is 0 Å². The van der Waals surface area contributed by atoms with E-state index in [1.165, 1.54) is 17.0 Å². The van der Waals surface area contributed by atoms with Crippen LogP contribution in [0.4, 0.5) is 0 Å². The first kappa shape index (κ1) is 11.3. The van der Waals surface area contributed by atoms with Crippen LogP contribution in [0, 0.1) is 0 Å². The van der Waals surface area contributed by atoms with Gasteiger partial charge in [-0.3, -0.25) is 14.3 Å². The molecule has 0 saturated carbocycles. The molecule has 0 aliphatic rings. The van der Waals surface area contributed by atoms with Crippen LogP contribution in [0.3, 0.4) is 0 Å². The summed E-state index contributed by atoms with van der Waals surface area (Å²) >= 11 is 8.89. The number of halogens is 2. The van der Waals surface area contributed by atoms with Gasteiger partial charge in [0, 0.05) is 16.7 Å². The summed E-state index contributed by atoms with van der Waals surface area (Å²) in [4.78, 5) is 19.5. The lowest BCUT2D eigenvalue weighted by molar-refractivity contribution is 0.718. The van der Waals surface area contributed by atoms with E-state index >= 15 is 0 Å². The Hall–Kier alpha value is -1.20. The minimum absolute atomic E-state index is 0.190. The van der Waals surface area contributed by atoms with Gasteiger partial charge in [0.25, 0.3) is 5.56 Å². The van der Waals surface area contributed by atoms with Crippen molar-refractivity contribution >= 4 is 27.5 Å². The maximum absolute atomic E-state index is 11.5. The van der Waals surface area contributed by atoms with E-state index in [4.69, 9.17) is 11.6 Å². The standard InChI is InChI=1S/C10H7BrClN3O/c11-7-1-2-8(13-4-7)5-15-6-14-9(12)3-10(15)16/h1-4,6H,5H2. The van der Waals surface area contributed by atoms with Crippen LogP contribution in [-0.4, -0.2) is 14.5 Å². The zero-order chi connectivity index (χ0) is 11.5. The first-order valence-corrected chi connectivity index (χ1v) is 5.64. The fraction of sp³-hybridized carbons (Fsp3) is 0.100. The summed E-state index contributed by atoms with van der Waals surface area (Å²) in [5.41, 5.74) is 0.596. The highest BCUT2D eigenvalue weighted by atomic mass is 79.9.